The van der Waals surface area contributed by atoms with E-state index in [0.29, 0.717) is 0 Å². The number of esters is 1. The van der Waals surface area contributed by atoms with Gasteiger partial charge in [-0.3, -0.25) is 9.59 Å². The van der Waals surface area contributed by atoms with E-state index in [1.807, 2.05) is 0 Å². The van der Waals surface area contributed by atoms with Gasteiger partial charge in [0.25, 0.3) is 5.91 Å². The van der Waals surface area contributed by atoms with Gasteiger partial charge in [-0.05, 0) is 0 Å². The van der Waals surface area contributed by atoms with Crippen LogP contribution in [0.15, 0.2) is 6.20 Å². The van der Waals surface area contributed by atoms with E-state index in [2.05, 4.69) is 15.0 Å². The Morgan fingerprint density at radius 3 is 2.85 bits per heavy atom. The van der Waals surface area contributed by atoms with E-state index < -0.39 is 11.9 Å². The first kappa shape index (κ1) is 9.17. The summed E-state index contributed by atoms with van der Waals surface area (Å²) in [5.74, 6) is -1.16. The highest BCUT2D eigenvalue weighted by molar-refractivity contribution is 5.90. The van der Waals surface area contributed by atoms with Crippen molar-refractivity contribution < 1.29 is 14.3 Å². The molecule has 1 aromatic heterocycles. The number of hydrogen-bond acceptors (Lipinski definition) is 5. The monoisotopic (exact) mass is 184 g/mol. The van der Waals surface area contributed by atoms with Crippen LogP contribution < -0.4 is 5.73 Å². The van der Waals surface area contributed by atoms with Crippen LogP contribution in [-0.2, 0) is 16.1 Å². The third-order valence-electron chi connectivity index (χ3n) is 1.31. The second-order valence-corrected chi connectivity index (χ2v) is 2.24. The van der Waals surface area contributed by atoms with E-state index in [1.54, 1.807) is 0 Å². The molecule has 0 aliphatic carbocycles. The highest BCUT2D eigenvalue weighted by Crippen LogP contribution is 1.91. The Bertz CT molecular complexity index is 332. The molecular weight excluding hydrogens is 176 g/mol. The van der Waals surface area contributed by atoms with Gasteiger partial charge in [-0.2, -0.15) is 0 Å². The van der Waals surface area contributed by atoms with Gasteiger partial charge in [0.1, 0.15) is 6.54 Å². The van der Waals surface area contributed by atoms with Crippen molar-refractivity contribution in [2.75, 3.05) is 7.11 Å². The van der Waals surface area contributed by atoms with Crippen molar-refractivity contribution in [1.29, 1.82) is 0 Å². The Balaban J connectivity index is 2.69. The molecule has 0 spiro atoms. The lowest BCUT2D eigenvalue weighted by atomic mass is 10.5. The van der Waals surface area contributed by atoms with Gasteiger partial charge in [0.2, 0.25) is 0 Å². The minimum Gasteiger partial charge on any atom is -0.468 e. The summed E-state index contributed by atoms with van der Waals surface area (Å²) < 4.78 is 5.55. The quantitative estimate of drug-likeness (QED) is 0.579. The van der Waals surface area contributed by atoms with Crippen LogP contribution in [0.2, 0.25) is 0 Å². The summed E-state index contributed by atoms with van der Waals surface area (Å²) in [7, 11) is 1.26. The van der Waals surface area contributed by atoms with Gasteiger partial charge in [0.15, 0.2) is 5.69 Å². The number of amides is 1. The number of primary amides is 1. The summed E-state index contributed by atoms with van der Waals surface area (Å²) in [6.45, 7) is -0.0865. The lowest BCUT2D eigenvalue weighted by Gasteiger charge is -1.96. The van der Waals surface area contributed by atoms with Gasteiger partial charge in [-0.25, -0.2) is 4.68 Å². The first-order chi connectivity index (χ1) is 6.13. The smallest absolute Gasteiger partial charge is 0.327 e. The van der Waals surface area contributed by atoms with Gasteiger partial charge in [-0.1, -0.05) is 5.21 Å². The molecule has 2 N–H and O–H groups in total. The maximum atomic E-state index is 10.7. The van der Waals surface area contributed by atoms with E-state index in [0.717, 1.165) is 0 Å². The van der Waals surface area contributed by atoms with Crippen LogP contribution in [0.3, 0.4) is 0 Å². The highest BCUT2D eigenvalue weighted by atomic mass is 16.5. The number of aromatic nitrogens is 3. The summed E-state index contributed by atoms with van der Waals surface area (Å²) in [6.07, 6.45) is 1.28. The fraction of sp³-hybridized carbons (Fsp3) is 0.333. The fourth-order valence-corrected chi connectivity index (χ4v) is 0.685. The Labute approximate surface area is 73.5 Å². The van der Waals surface area contributed by atoms with Gasteiger partial charge in [0, 0.05) is 0 Å². The molecule has 0 unspecified atom stereocenters. The first-order valence-corrected chi connectivity index (χ1v) is 3.40. The molecule has 0 saturated heterocycles. The second-order valence-electron chi connectivity index (χ2n) is 2.24. The summed E-state index contributed by atoms with van der Waals surface area (Å²) in [5, 5.41) is 6.92. The molecule has 0 bridgehead atoms. The van der Waals surface area contributed by atoms with Crippen molar-refractivity contribution in [3.63, 3.8) is 0 Å². The van der Waals surface area contributed by atoms with Crippen molar-refractivity contribution in [3.8, 4) is 0 Å². The average molecular weight is 184 g/mol. The molecule has 0 aliphatic rings. The number of hydrogen-bond donors (Lipinski definition) is 1. The van der Waals surface area contributed by atoms with Gasteiger partial charge < -0.3 is 10.5 Å². The number of methoxy groups -OCH3 is 1. The van der Waals surface area contributed by atoms with Crippen molar-refractivity contribution in [2.24, 2.45) is 5.73 Å². The normalized spacial score (nSPS) is 9.62. The first-order valence-electron chi connectivity index (χ1n) is 3.40. The van der Waals surface area contributed by atoms with Crippen molar-refractivity contribution in [3.05, 3.63) is 11.9 Å². The van der Waals surface area contributed by atoms with Gasteiger partial charge in [0.05, 0.1) is 13.3 Å². The molecule has 1 aromatic rings. The van der Waals surface area contributed by atoms with Gasteiger partial charge in [-0.15, -0.1) is 5.10 Å². The topological polar surface area (TPSA) is 100 Å². The standard InChI is InChI=1S/C6H8N4O3/c1-13-5(11)3-10-2-4(6(7)12)8-9-10/h2H,3H2,1H3,(H2,7,12). The second kappa shape index (κ2) is 3.65. The van der Waals surface area contributed by atoms with E-state index >= 15 is 0 Å². The lowest BCUT2D eigenvalue weighted by molar-refractivity contribution is -0.141. The van der Waals surface area contributed by atoms with Crippen LogP contribution in [0, 0.1) is 0 Å². The number of rotatable bonds is 3. The largest absolute Gasteiger partial charge is 0.468 e. The van der Waals surface area contributed by atoms with Crippen LogP contribution in [0.1, 0.15) is 10.5 Å². The van der Waals surface area contributed by atoms with Crippen molar-refractivity contribution in [1.82, 2.24) is 15.0 Å². The molecule has 0 aliphatic heterocycles. The molecule has 1 amide bonds. The Hall–Kier alpha value is -1.92. The third-order valence-corrected chi connectivity index (χ3v) is 1.31. The zero-order valence-corrected chi connectivity index (χ0v) is 6.93. The Morgan fingerprint density at radius 1 is 1.69 bits per heavy atom. The lowest BCUT2D eigenvalue weighted by Crippen LogP contribution is -2.12. The maximum absolute atomic E-state index is 10.7. The molecule has 1 rings (SSSR count). The summed E-state index contributed by atoms with van der Waals surface area (Å²) in [6, 6.07) is 0. The van der Waals surface area contributed by atoms with E-state index in [4.69, 9.17) is 5.73 Å². The molecule has 70 valence electrons. The molecule has 0 radical (unpaired) electrons. The van der Waals surface area contributed by atoms with E-state index in [-0.39, 0.29) is 12.2 Å². The van der Waals surface area contributed by atoms with Crippen LogP contribution in [-0.4, -0.2) is 34.0 Å². The number of carbonyl (C=O) groups is 2. The predicted octanol–water partition coefficient (Wildman–Crippen LogP) is -1.45. The Morgan fingerprint density at radius 2 is 2.38 bits per heavy atom. The predicted molar refractivity (Wildman–Crippen MR) is 40.6 cm³/mol. The zero-order chi connectivity index (χ0) is 9.84. The van der Waals surface area contributed by atoms with Crippen molar-refractivity contribution >= 4 is 11.9 Å². The number of ether oxygens (including phenoxy) is 1. The van der Waals surface area contributed by atoms with Crippen LogP contribution in [0.25, 0.3) is 0 Å². The summed E-state index contributed by atoms with van der Waals surface area (Å²) in [4.78, 5) is 21.3. The number of nitrogens with two attached hydrogens (primary N) is 1. The summed E-state index contributed by atoms with van der Waals surface area (Å²) >= 11 is 0. The minimum atomic E-state index is -0.684. The highest BCUT2D eigenvalue weighted by Gasteiger charge is 2.08. The van der Waals surface area contributed by atoms with E-state index in [9.17, 15) is 9.59 Å². The van der Waals surface area contributed by atoms with Crippen molar-refractivity contribution in [2.45, 2.75) is 6.54 Å². The molecule has 13 heavy (non-hydrogen) atoms. The number of nitrogens with zero attached hydrogens (tertiary/aromatic N) is 3. The maximum Gasteiger partial charge on any atom is 0.327 e. The van der Waals surface area contributed by atoms with Gasteiger partial charge >= 0.3 is 5.97 Å². The number of carbonyl (C=O) groups excluding carboxylic acids is 2. The molecule has 7 heteroatoms. The molecule has 0 saturated carbocycles. The molecule has 0 fully saturated rings. The SMILES string of the molecule is COC(=O)Cn1cc(C(N)=O)nn1. The van der Waals surface area contributed by atoms with Crippen LogP contribution in [0.5, 0.6) is 0 Å². The zero-order valence-electron chi connectivity index (χ0n) is 6.93. The molecular formula is C6H8N4O3. The molecule has 1 heterocycles. The van der Waals surface area contributed by atoms with Crippen LogP contribution >= 0.6 is 0 Å². The Kier molecular flexibility index (Phi) is 2.58. The summed E-state index contributed by atoms with van der Waals surface area (Å²) in [5.41, 5.74) is 4.94. The molecule has 7 nitrogen and oxygen atoms in total. The van der Waals surface area contributed by atoms with E-state index in [1.165, 1.54) is 18.0 Å². The third kappa shape index (κ3) is 2.26. The minimum absolute atomic E-state index is 0.0175. The average Bonchev–Trinajstić information content (AvgIpc) is 2.52. The molecule has 0 aromatic carbocycles. The van der Waals surface area contributed by atoms with Crippen LogP contribution in [0.4, 0.5) is 0 Å². The fourth-order valence-electron chi connectivity index (χ4n) is 0.685. The molecule has 0 atom stereocenters.